The molecule has 0 saturated heterocycles. The first kappa shape index (κ1) is 20.9. The van der Waals surface area contributed by atoms with Crippen molar-refractivity contribution in [2.45, 2.75) is 105 Å². The van der Waals surface area contributed by atoms with Crippen molar-refractivity contribution >= 4 is 0 Å². The molecule has 0 spiro atoms. The molecule has 0 amide bonds. The Bertz CT molecular complexity index is 244. The van der Waals surface area contributed by atoms with Gasteiger partial charge >= 0.3 is 0 Å². The van der Waals surface area contributed by atoms with Gasteiger partial charge in [-0.15, -0.1) is 0 Å². The fourth-order valence-corrected chi connectivity index (χ4v) is 2.56. The number of hydrogen-bond acceptors (Lipinski definition) is 2. The predicted octanol–water partition coefficient (Wildman–Crippen LogP) is 5.65. The number of nitrogens with zero attached hydrogens (tertiary/aromatic N) is 1. The molecule has 0 aliphatic heterocycles. The van der Waals surface area contributed by atoms with Crippen LogP contribution in [-0.4, -0.2) is 35.7 Å². The topological polar surface area (TPSA) is 12.5 Å². The maximum atomic E-state index is 6.11. The Morgan fingerprint density at radius 3 is 1.71 bits per heavy atom. The van der Waals surface area contributed by atoms with E-state index in [4.69, 9.17) is 4.74 Å². The van der Waals surface area contributed by atoms with Gasteiger partial charge in [0.2, 0.25) is 0 Å². The Morgan fingerprint density at radius 2 is 1.33 bits per heavy atom. The van der Waals surface area contributed by atoms with Crippen LogP contribution in [0.3, 0.4) is 0 Å². The highest BCUT2D eigenvalue weighted by molar-refractivity contribution is 4.85. The summed E-state index contributed by atoms with van der Waals surface area (Å²) in [4.78, 5) is 2.72. The Labute approximate surface area is 134 Å². The van der Waals surface area contributed by atoms with Crippen LogP contribution in [0, 0.1) is 0 Å². The summed E-state index contributed by atoms with van der Waals surface area (Å²) >= 11 is 0. The highest BCUT2D eigenvalue weighted by Crippen LogP contribution is 2.26. The standard InChI is InChI=1S/C19H41NO/c1-8-12-15-20(16-13-9-2)19(7,11-4)14-17-21-18(5,6)10-3/h8-17H2,1-7H3. The lowest BCUT2D eigenvalue weighted by molar-refractivity contribution is -0.0417. The van der Waals surface area contributed by atoms with Crippen molar-refractivity contribution in [3.8, 4) is 0 Å². The molecule has 1 unspecified atom stereocenters. The van der Waals surface area contributed by atoms with E-state index in [1.54, 1.807) is 0 Å². The summed E-state index contributed by atoms with van der Waals surface area (Å²) in [5, 5.41) is 0. The molecule has 0 rings (SSSR count). The van der Waals surface area contributed by atoms with Gasteiger partial charge in [-0.25, -0.2) is 0 Å². The summed E-state index contributed by atoms with van der Waals surface area (Å²) in [7, 11) is 0. The Hall–Kier alpha value is -0.0800. The Kier molecular flexibility index (Phi) is 10.6. The van der Waals surface area contributed by atoms with Gasteiger partial charge in [-0.1, -0.05) is 40.5 Å². The van der Waals surface area contributed by atoms with Crippen molar-refractivity contribution in [1.82, 2.24) is 4.90 Å². The molecule has 0 aliphatic rings. The van der Waals surface area contributed by atoms with E-state index in [-0.39, 0.29) is 11.1 Å². The first-order valence-corrected chi connectivity index (χ1v) is 9.24. The Morgan fingerprint density at radius 1 is 0.810 bits per heavy atom. The van der Waals surface area contributed by atoms with E-state index in [9.17, 15) is 0 Å². The van der Waals surface area contributed by atoms with Crippen LogP contribution in [0.25, 0.3) is 0 Å². The molecule has 2 nitrogen and oxygen atoms in total. The van der Waals surface area contributed by atoms with Crippen LogP contribution in [0.15, 0.2) is 0 Å². The molecule has 0 aromatic rings. The molecule has 0 bridgehead atoms. The average Bonchev–Trinajstić information content (AvgIpc) is 2.47. The van der Waals surface area contributed by atoms with E-state index < -0.39 is 0 Å². The minimum atomic E-state index is 0.0202. The lowest BCUT2D eigenvalue weighted by atomic mass is 9.91. The molecule has 128 valence electrons. The third-order valence-corrected chi connectivity index (χ3v) is 5.07. The largest absolute Gasteiger partial charge is 0.376 e. The van der Waals surface area contributed by atoms with E-state index in [0.29, 0.717) is 0 Å². The lowest BCUT2D eigenvalue weighted by Gasteiger charge is -2.42. The number of unbranched alkanes of at least 4 members (excludes halogenated alkanes) is 2. The lowest BCUT2D eigenvalue weighted by Crippen LogP contribution is -2.48. The predicted molar refractivity (Wildman–Crippen MR) is 95.0 cm³/mol. The highest BCUT2D eigenvalue weighted by atomic mass is 16.5. The van der Waals surface area contributed by atoms with Gasteiger partial charge < -0.3 is 4.74 Å². The molecule has 0 aromatic carbocycles. The van der Waals surface area contributed by atoms with E-state index in [1.807, 2.05) is 0 Å². The smallest absolute Gasteiger partial charge is 0.0623 e. The number of ether oxygens (including phenoxy) is 1. The van der Waals surface area contributed by atoms with Crippen molar-refractivity contribution < 1.29 is 4.74 Å². The van der Waals surface area contributed by atoms with E-state index in [0.717, 1.165) is 19.4 Å². The highest BCUT2D eigenvalue weighted by Gasteiger charge is 2.29. The van der Waals surface area contributed by atoms with Crippen LogP contribution >= 0.6 is 0 Å². The van der Waals surface area contributed by atoms with Gasteiger partial charge in [0, 0.05) is 12.1 Å². The maximum absolute atomic E-state index is 6.11. The minimum Gasteiger partial charge on any atom is -0.376 e. The van der Waals surface area contributed by atoms with Crippen LogP contribution in [-0.2, 0) is 4.74 Å². The van der Waals surface area contributed by atoms with Crippen molar-refractivity contribution in [2.75, 3.05) is 19.7 Å². The van der Waals surface area contributed by atoms with Crippen molar-refractivity contribution in [3.05, 3.63) is 0 Å². The summed E-state index contributed by atoms with van der Waals surface area (Å²) in [6.07, 6.45) is 8.59. The summed E-state index contributed by atoms with van der Waals surface area (Å²) in [6, 6.07) is 0. The molecule has 0 radical (unpaired) electrons. The van der Waals surface area contributed by atoms with Gasteiger partial charge in [0.15, 0.2) is 0 Å². The maximum Gasteiger partial charge on any atom is 0.0623 e. The van der Waals surface area contributed by atoms with E-state index >= 15 is 0 Å². The molecule has 0 saturated carbocycles. The summed E-state index contributed by atoms with van der Waals surface area (Å²) < 4.78 is 6.11. The second-order valence-corrected chi connectivity index (χ2v) is 7.26. The summed E-state index contributed by atoms with van der Waals surface area (Å²) in [5.41, 5.74) is 0.306. The molecule has 0 N–H and O–H groups in total. The summed E-state index contributed by atoms with van der Waals surface area (Å²) in [5.74, 6) is 0. The molecule has 1 atom stereocenters. The second kappa shape index (κ2) is 10.6. The third kappa shape index (κ3) is 8.21. The van der Waals surface area contributed by atoms with Gasteiger partial charge in [-0.05, 0) is 66.0 Å². The van der Waals surface area contributed by atoms with Gasteiger partial charge in [0.1, 0.15) is 0 Å². The number of rotatable bonds is 13. The molecule has 0 heterocycles. The van der Waals surface area contributed by atoms with Crippen LogP contribution < -0.4 is 0 Å². The molecule has 2 heteroatoms. The van der Waals surface area contributed by atoms with Crippen molar-refractivity contribution in [1.29, 1.82) is 0 Å². The monoisotopic (exact) mass is 299 g/mol. The number of hydrogen-bond donors (Lipinski definition) is 0. The summed E-state index contributed by atoms with van der Waals surface area (Å²) in [6.45, 7) is 19.3. The second-order valence-electron chi connectivity index (χ2n) is 7.26. The molecule has 0 fully saturated rings. The molecular formula is C19H41NO. The minimum absolute atomic E-state index is 0.0202. The van der Waals surface area contributed by atoms with Gasteiger partial charge in [0.05, 0.1) is 5.60 Å². The zero-order valence-electron chi connectivity index (χ0n) is 15.9. The first-order valence-electron chi connectivity index (χ1n) is 9.24. The molecule has 0 aromatic heterocycles. The van der Waals surface area contributed by atoms with Crippen LogP contribution in [0.4, 0.5) is 0 Å². The Balaban J connectivity index is 4.59. The van der Waals surface area contributed by atoms with Crippen molar-refractivity contribution in [2.24, 2.45) is 0 Å². The van der Waals surface area contributed by atoms with E-state index in [1.165, 1.54) is 45.2 Å². The van der Waals surface area contributed by atoms with E-state index in [2.05, 4.69) is 53.4 Å². The fourth-order valence-electron chi connectivity index (χ4n) is 2.56. The quantitative estimate of drug-likeness (QED) is 0.435. The molecular weight excluding hydrogens is 258 g/mol. The SMILES string of the molecule is CCCCN(CCCC)C(C)(CC)CCOC(C)(C)CC. The molecule has 21 heavy (non-hydrogen) atoms. The van der Waals surface area contributed by atoms with Crippen LogP contribution in [0.5, 0.6) is 0 Å². The third-order valence-electron chi connectivity index (χ3n) is 5.07. The van der Waals surface area contributed by atoms with Crippen molar-refractivity contribution in [3.63, 3.8) is 0 Å². The zero-order chi connectivity index (χ0) is 16.4. The normalized spacial score (nSPS) is 15.4. The van der Waals surface area contributed by atoms with Gasteiger partial charge in [-0.2, -0.15) is 0 Å². The average molecular weight is 300 g/mol. The molecule has 0 aliphatic carbocycles. The van der Waals surface area contributed by atoms with Crippen LogP contribution in [0.2, 0.25) is 0 Å². The van der Waals surface area contributed by atoms with Gasteiger partial charge in [-0.3, -0.25) is 4.90 Å². The fraction of sp³-hybridized carbons (Fsp3) is 1.00. The zero-order valence-corrected chi connectivity index (χ0v) is 15.9. The van der Waals surface area contributed by atoms with Crippen LogP contribution in [0.1, 0.15) is 93.4 Å². The van der Waals surface area contributed by atoms with Gasteiger partial charge in [0.25, 0.3) is 0 Å². The first-order chi connectivity index (χ1) is 9.85.